The molecule has 6 heteroatoms. The first-order chi connectivity index (χ1) is 10.3. The summed E-state index contributed by atoms with van der Waals surface area (Å²) in [4.78, 5) is 27.4. The number of rotatable bonds is 2. The van der Waals surface area contributed by atoms with Crippen molar-refractivity contribution in [2.45, 2.75) is 58.1 Å². The van der Waals surface area contributed by atoms with Crippen molar-refractivity contribution in [3.8, 4) is 0 Å². The summed E-state index contributed by atoms with van der Waals surface area (Å²) in [6, 6.07) is 0.330. The fraction of sp³-hybridized carbons (Fsp3) is 0.875. The summed E-state index contributed by atoms with van der Waals surface area (Å²) in [6.07, 6.45) is 3.22. The average Bonchev–Trinajstić information content (AvgIpc) is 2.46. The molecule has 2 fully saturated rings. The number of piperidine rings is 2. The second kappa shape index (κ2) is 6.86. The monoisotopic (exact) mass is 312 g/mol. The predicted molar refractivity (Wildman–Crippen MR) is 82.8 cm³/mol. The van der Waals surface area contributed by atoms with E-state index in [-0.39, 0.29) is 12.0 Å². The van der Waals surface area contributed by atoms with Gasteiger partial charge in [-0.3, -0.25) is 9.69 Å². The highest BCUT2D eigenvalue weighted by Crippen LogP contribution is 2.24. The van der Waals surface area contributed by atoms with Crippen LogP contribution in [0.1, 0.15) is 46.5 Å². The molecule has 0 unspecified atom stereocenters. The van der Waals surface area contributed by atoms with Crippen LogP contribution in [0, 0.1) is 5.92 Å². The molecule has 0 spiro atoms. The van der Waals surface area contributed by atoms with Crippen LogP contribution in [0.15, 0.2) is 0 Å². The number of amides is 1. The third-order valence-electron chi connectivity index (χ3n) is 4.44. The molecule has 0 saturated carbocycles. The quantitative estimate of drug-likeness (QED) is 0.846. The van der Waals surface area contributed by atoms with Crippen LogP contribution < -0.4 is 0 Å². The van der Waals surface area contributed by atoms with Crippen molar-refractivity contribution >= 4 is 12.1 Å². The third-order valence-corrected chi connectivity index (χ3v) is 4.44. The molecule has 0 aromatic rings. The Morgan fingerprint density at radius 2 is 1.73 bits per heavy atom. The maximum absolute atomic E-state index is 12.2. The van der Waals surface area contributed by atoms with E-state index in [9.17, 15) is 9.59 Å². The van der Waals surface area contributed by atoms with E-state index in [0.29, 0.717) is 25.4 Å². The lowest BCUT2D eigenvalue weighted by atomic mass is 9.94. The smallest absolute Gasteiger partial charge is 0.410 e. The fourth-order valence-electron chi connectivity index (χ4n) is 3.26. The molecule has 1 N–H and O–H groups in total. The van der Waals surface area contributed by atoms with Crippen LogP contribution in [-0.4, -0.2) is 64.8 Å². The van der Waals surface area contributed by atoms with E-state index in [0.717, 1.165) is 32.5 Å². The van der Waals surface area contributed by atoms with Crippen molar-refractivity contribution < 1.29 is 19.4 Å². The van der Waals surface area contributed by atoms with Crippen molar-refractivity contribution in [2.75, 3.05) is 26.2 Å². The first kappa shape index (κ1) is 17.1. The molecule has 2 heterocycles. The molecule has 126 valence electrons. The zero-order valence-electron chi connectivity index (χ0n) is 13.9. The van der Waals surface area contributed by atoms with Gasteiger partial charge < -0.3 is 14.7 Å². The van der Waals surface area contributed by atoms with Gasteiger partial charge in [-0.1, -0.05) is 0 Å². The van der Waals surface area contributed by atoms with E-state index in [1.165, 1.54) is 0 Å². The molecule has 0 aromatic carbocycles. The van der Waals surface area contributed by atoms with E-state index < -0.39 is 11.6 Å². The Balaban J connectivity index is 1.86. The number of carboxylic acid groups (broad SMARTS) is 1. The number of hydrogen-bond acceptors (Lipinski definition) is 4. The second-order valence-electron chi connectivity index (χ2n) is 7.37. The average molecular weight is 312 g/mol. The minimum Gasteiger partial charge on any atom is -0.481 e. The first-order valence-electron chi connectivity index (χ1n) is 8.21. The molecular weight excluding hydrogens is 284 g/mol. The van der Waals surface area contributed by atoms with Crippen molar-refractivity contribution in [1.82, 2.24) is 9.80 Å². The summed E-state index contributed by atoms with van der Waals surface area (Å²) >= 11 is 0. The highest BCUT2D eigenvalue weighted by molar-refractivity contribution is 5.70. The summed E-state index contributed by atoms with van der Waals surface area (Å²) in [6.45, 7) is 8.69. The lowest BCUT2D eigenvalue weighted by Gasteiger charge is -2.42. The molecule has 0 radical (unpaired) electrons. The summed E-state index contributed by atoms with van der Waals surface area (Å²) < 4.78 is 5.45. The summed E-state index contributed by atoms with van der Waals surface area (Å²) in [5, 5.41) is 9.07. The molecule has 2 rings (SSSR count). The van der Waals surface area contributed by atoms with E-state index >= 15 is 0 Å². The maximum Gasteiger partial charge on any atom is 0.410 e. The van der Waals surface area contributed by atoms with E-state index in [4.69, 9.17) is 9.84 Å². The molecule has 0 aliphatic carbocycles. The van der Waals surface area contributed by atoms with Gasteiger partial charge in [0.1, 0.15) is 5.60 Å². The number of carbonyl (C=O) groups excluding carboxylic acids is 1. The number of hydrogen-bond donors (Lipinski definition) is 1. The Morgan fingerprint density at radius 1 is 1.09 bits per heavy atom. The molecule has 0 bridgehead atoms. The molecule has 22 heavy (non-hydrogen) atoms. The van der Waals surface area contributed by atoms with Gasteiger partial charge in [0.15, 0.2) is 0 Å². The zero-order valence-corrected chi connectivity index (χ0v) is 13.9. The van der Waals surface area contributed by atoms with Crippen LogP contribution in [0.5, 0.6) is 0 Å². The normalized spacial score (nSPS) is 25.0. The number of carboxylic acids is 1. The first-order valence-corrected chi connectivity index (χ1v) is 8.21. The van der Waals surface area contributed by atoms with Crippen LogP contribution in [0.2, 0.25) is 0 Å². The molecule has 1 amide bonds. The van der Waals surface area contributed by atoms with E-state index in [1.54, 1.807) is 4.90 Å². The number of likely N-dealkylation sites (tertiary alicyclic amines) is 2. The topological polar surface area (TPSA) is 70.1 Å². The third kappa shape index (κ3) is 4.60. The summed E-state index contributed by atoms with van der Waals surface area (Å²) in [7, 11) is 0. The van der Waals surface area contributed by atoms with Gasteiger partial charge in [0.25, 0.3) is 0 Å². The van der Waals surface area contributed by atoms with E-state index in [2.05, 4.69) is 4.90 Å². The lowest BCUT2D eigenvalue weighted by Crippen LogP contribution is -2.52. The number of ether oxygens (including phenoxy) is 1. The Hall–Kier alpha value is -1.30. The van der Waals surface area contributed by atoms with Gasteiger partial charge in [0, 0.05) is 19.1 Å². The van der Waals surface area contributed by atoms with Gasteiger partial charge in [-0.15, -0.1) is 0 Å². The Kier molecular flexibility index (Phi) is 5.32. The Morgan fingerprint density at radius 3 is 2.27 bits per heavy atom. The van der Waals surface area contributed by atoms with Crippen LogP contribution in [0.25, 0.3) is 0 Å². The summed E-state index contributed by atoms with van der Waals surface area (Å²) in [5.74, 6) is -0.888. The molecule has 1 atom stereocenters. The molecule has 2 saturated heterocycles. The minimum atomic E-state index is -0.682. The van der Waals surface area contributed by atoms with Crippen molar-refractivity contribution in [3.63, 3.8) is 0 Å². The second-order valence-corrected chi connectivity index (χ2v) is 7.37. The lowest BCUT2D eigenvalue weighted by molar-refractivity contribution is -0.143. The van der Waals surface area contributed by atoms with Crippen molar-refractivity contribution in [1.29, 1.82) is 0 Å². The molecule has 0 aromatic heterocycles. The molecule has 2 aliphatic heterocycles. The van der Waals surface area contributed by atoms with E-state index in [1.807, 2.05) is 20.8 Å². The Bertz CT molecular complexity index is 411. The van der Waals surface area contributed by atoms with Gasteiger partial charge in [0.05, 0.1) is 5.92 Å². The van der Waals surface area contributed by atoms with Gasteiger partial charge in [0.2, 0.25) is 0 Å². The van der Waals surface area contributed by atoms with Crippen molar-refractivity contribution in [2.24, 2.45) is 5.92 Å². The van der Waals surface area contributed by atoms with Gasteiger partial charge in [-0.2, -0.15) is 0 Å². The summed E-state index contributed by atoms with van der Waals surface area (Å²) in [5.41, 5.74) is -0.468. The zero-order chi connectivity index (χ0) is 16.3. The maximum atomic E-state index is 12.2. The highest BCUT2D eigenvalue weighted by atomic mass is 16.6. The minimum absolute atomic E-state index is 0.207. The largest absolute Gasteiger partial charge is 0.481 e. The fourth-order valence-corrected chi connectivity index (χ4v) is 3.26. The van der Waals surface area contributed by atoms with Crippen LogP contribution >= 0.6 is 0 Å². The SMILES string of the molecule is CC(C)(C)OC(=O)N1CCC[C@H](N2CCC(C(=O)O)CC2)C1. The molecule has 6 nitrogen and oxygen atoms in total. The predicted octanol–water partition coefficient (Wildman–Crippen LogP) is 2.18. The van der Waals surface area contributed by atoms with Gasteiger partial charge in [-0.05, 0) is 59.5 Å². The Labute approximate surface area is 132 Å². The van der Waals surface area contributed by atoms with Crippen LogP contribution in [-0.2, 0) is 9.53 Å². The van der Waals surface area contributed by atoms with Gasteiger partial charge >= 0.3 is 12.1 Å². The van der Waals surface area contributed by atoms with Crippen molar-refractivity contribution in [3.05, 3.63) is 0 Å². The standard InChI is InChI=1S/C16H28N2O4/c1-16(2,3)22-15(21)18-8-4-5-13(11-18)17-9-6-12(7-10-17)14(19)20/h12-13H,4-11H2,1-3H3,(H,19,20)/t13-/m0/s1. The highest BCUT2D eigenvalue weighted by Gasteiger charge is 2.33. The number of nitrogens with zero attached hydrogens (tertiary/aromatic N) is 2. The molecular formula is C16H28N2O4. The van der Waals surface area contributed by atoms with Gasteiger partial charge in [-0.25, -0.2) is 4.79 Å². The number of aliphatic carboxylic acids is 1. The number of carbonyl (C=O) groups is 2. The van der Waals surface area contributed by atoms with Crippen LogP contribution in [0.3, 0.4) is 0 Å². The van der Waals surface area contributed by atoms with Crippen LogP contribution in [0.4, 0.5) is 4.79 Å². The molecule has 2 aliphatic rings.